The summed E-state index contributed by atoms with van der Waals surface area (Å²) in [5, 5.41) is 1.01. The maximum absolute atomic E-state index is 13.7. The summed E-state index contributed by atoms with van der Waals surface area (Å²) in [5.41, 5.74) is 0.738. The Morgan fingerprint density at radius 2 is 1.77 bits per heavy atom. The highest BCUT2D eigenvalue weighted by Gasteiger charge is 2.16. The first-order chi connectivity index (χ1) is 10.4. The predicted octanol–water partition coefficient (Wildman–Crippen LogP) is 4.45. The van der Waals surface area contributed by atoms with Gasteiger partial charge in [0.15, 0.2) is 0 Å². The Morgan fingerprint density at radius 3 is 2.41 bits per heavy atom. The van der Waals surface area contributed by atoms with Crippen LogP contribution in [0, 0.1) is 19.7 Å². The number of fused-ring (bicyclic) bond motifs is 1. The summed E-state index contributed by atoms with van der Waals surface area (Å²) >= 11 is 12.4. The van der Waals surface area contributed by atoms with E-state index in [4.69, 9.17) is 23.2 Å². The lowest BCUT2D eigenvalue weighted by Crippen LogP contribution is -2.23. The van der Waals surface area contributed by atoms with Gasteiger partial charge >= 0.3 is 0 Å². The zero-order chi connectivity index (χ0) is 16.0. The van der Waals surface area contributed by atoms with E-state index < -0.39 is 5.82 Å². The molecule has 1 aromatic heterocycles. The molecule has 0 radical (unpaired) electrons. The molecule has 0 aliphatic carbocycles. The Bertz CT molecular complexity index is 946. The van der Waals surface area contributed by atoms with Crippen LogP contribution in [-0.2, 0) is 0 Å². The van der Waals surface area contributed by atoms with E-state index in [1.165, 1.54) is 16.7 Å². The third kappa shape index (κ3) is 2.28. The minimum atomic E-state index is -0.396. The molecule has 0 saturated carbocycles. The van der Waals surface area contributed by atoms with Crippen molar-refractivity contribution in [3.63, 3.8) is 0 Å². The van der Waals surface area contributed by atoms with Crippen molar-refractivity contribution in [2.75, 3.05) is 0 Å². The molecule has 0 aliphatic heterocycles. The molecular formula is C16H11Cl2FN2O. The zero-order valence-electron chi connectivity index (χ0n) is 11.8. The fourth-order valence-electron chi connectivity index (χ4n) is 2.39. The quantitative estimate of drug-likeness (QED) is 0.658. The summed E-state index contributed by atoms with van der Waals surface area (Å²) in [5.74, 6) is -0.0110. The van der Waals surface area contributed by atoms with Crippen LogP contribution in [0.2, 0.25) is 10.0 Å². The largest absolute Gasteiger partial charge is 0.268 e. The molecular weight excluding hydrogens is 326 g/mol. The van der Waals surface area contributed by atoms with Crippen LogP contribution in [0.1, 0.15) is 11.4 Å². The average Bonchev–Trinajstić information content (AvgIpc) is 2.44. The van der Waals surface area contributed by atoms with E-state index in [-0.39, 0.29) is 5.56 Å². The molecule has 0 bridgehead atoms. The summed E-state index contributed by atoms with van der Waals surface area (Å²) in [4.78, 5) is 17.1. The Balaban J connectivity index is 2.46. The van der Waals surface area contributed by atoms with Gasteiger partial charge in [0.1, 0.15) is 11.6 Å². The molecule has 0 atom stereocenters. The maximum atomic E-state index is 13.7. The lowest BCUT2D eigenvalue weighted by molar-refractivity contribution is 0.620. The van der Waals surface area contributed by atoms with Gasteiger partial charge in [0.25, 0.3) is 5.56 Å². The smallest absolute Gasteiger partial charge is 0.266 e. The van der Waals surface area contributed by atoms with Crippen LogP contribution < -0.4 is 5.56 Å². The van der Waals surface area contributed by atoms with Crippen molar-refractivity contribution in [1.82, 2.24) is 9.55 Å². The van der Waals surface area contributed by atoms with Crippen LogP contribution >= 0.6 is 23.2 Å². The first kappa shape index (κ1) is 15.0. The second-order valence-electron chi connectivity index (χ2n) is 4.99. The number of para-hydroxylation sites is 1. The third-order valence-electron chi connectivity index (χ3n) is 3.48. The summed E-state index contributed by atoms with van der Waals surface area (Å²) in [7, 11) is 0. The number of aryl methyl sites for hydroxylation is 2. The number of hydrogen-bond donors (Lipinski definition) is 0. The molecule has 3 aromatic rings. The van der Waals surface area contributed by atoms with Crippen LogP contribution in [0.4, 0.5) is 4.39 Å². The fraction of sp³-hybridized carbons (Fsp3) is 0.125. The van der Waals surface area contributed by atoms with Gasteiger partial charge in [0, 0.05) is 6.07 Å². The van der Waals surface area contributed by atoms with Crippen LogP contribution in [0.25, 0.3) is 16.6 Å². The van der Waals surface area contributed by atoms with Crippen molar-refractivity contribution in [2.45, 2.75) is 13.8 Å². The Hall–Kier alpha value is -1.91. The van der Waals surface area contributed by atoms with Crippen LogP contribution in [-0.4, -0.2) is 9.55 Å². The lowest BCUT2D eigenvalue weighted by atomic mass is 10.1. The van der Waals surface area contributed by atoms with Gasteiger partial charge in [0.05, 0.1) is 26.6 Å². The first-order valence-electron chi connectivity index (χ1n) is 6.54. The number of halogens is 3. The SMILES string of the molecule is Cc1cc2c(=O)n(-c3c(Cl)cccc3Cl)c(C)nc2cc1F. The molecule has 22 heavy (non-hydrogen) atoms. The van der Waals surface area contributed by atoms with E-state index >= 15 is 0 Å². The van der Waals surface area contributed by atoms with Crippen LogP contribution in [0.15, 0.2) is 35.1 Å². The van der Waals surface area contributed by atoms with E-state index in [2.05, 4.69) is 4.98 Å². The van der Waals surface area contributed by atoms with Crippen molar-refractivity contribution in [3.05, 3.63) is 67.9 Å². The second kappa shape index (κ2) is 5.38. The predicted molar refractivity (Wildman–Crippen MR) is 86.8 cm³/mol. The van der Waals surface area contributed by atoms with Crippen molar-refractivity contribution < 1.29 is 4.39 Å². The van der Waals surface area contributed by atoms with Crippen molar-refractivity contribution in [3.8, 4) is 5.69 Å². The molecule has 0 spiro atoms. The molecule has 3 nitrogen and oxygen atoms in total. The average molecular weight is 337 g/mol. The fourth-order valence-corrected chi connectivity index (χ4v) is 2.96. The molecule has 0 fully saturated rings. The number of aromatic nitrogens is 2. The normalized spacial score (nSPS) is 11.1. The van der Waals surface area contributed by atoms with E-state index in [9.17, 15) is 9.18 Å². The van der Waals surface area contributed by atoms with Crippen molar-refractivity contribution >= 4 is 34.1 Å². The molecule has 2 aromatic carbocycles. The first-order valence-corrected chi connectivity index (χ1v) is 7.29. The van der Waals surface area contributed by atoms with Crippen LogP contribution in [0.3, 0.4) is 0 Å². The van der Waals surface area contributed by atoms with Gasteiger partial charge < -0.3 is 0 Å². The Morgan fingerprint density at radius 1 is 1.14 bits per heavy atom. The van der Waals surface area contributed by atoms with E-state index in [1.54, 1.807) is 32.0 Å². The molecule has 0 N–H and O–H groups in total. The minimum Gasteiger partial charge on any atom is -0.268 e. The molecule has 112 valence electrons. The molecule has 0 unspecified atom stereocenters. The monoisotopic (exact) mass is 336 g/mol. The summed E-state index contributed by atoms with van der Waals surface area (Å²) in [6.45, 7) is 3.25. The van der Waals surface area contributed by atoms with Crippen molar-refractivity contribution in [1.29, 1.82) is 0 Å². The Kier molecular flexibility index (Phi) is 3.67. The summed E-state index contributed by atoms with van der Waals surface area (Å²) in [6.07, 6.45) is 0. The van der Waals surface area contributed by atoms with E-state index in [1.807, 2.05) is 0 Å². The number of rotatable bonds is 1. The van der Waals surface area contributed by atoms with Gasteiger partial charge in [-0.2, -0.15) is 0 Å². The zero-order valence-corrected chi connectivity index (χ0v) is 13.3. The highest BCUT2D eigenvalue weighted by atomic mass is 35.5. The van der Waals surface area contributed by atoms with Crippen LogP contribution in [0.5, 0.6) is 0 Å². The molecule has 1 heterocycles. The Labute approximate surface area is 135 Å². The molecule has 0 aliphatic rings. The van der Waals surface area contributed by atoms with E-state index in [0.29, 0.717) is 38.0 Å². The third-order valence-corrected chi connectivity index (χ3v) is 4.09. The number of hydrogen-bond acceptors (Lipinski definition) is 2. The van der Waals surface area contributed by atoms with Crippen molar-refractivity contribution in [2.24, 2.45) is 0 Å². The van der Waals surface area contributed by atoms with Gasteiger partial charge in [0.2, 0.25) is 0 Å². The van der Waals surface area contributed by atoms with Gasteiger partial charge in [-0.1, -0.05) is 29.3 Å². The van der Waals surface area contributed by atoms with Gasteiger partial charge in [-0.05, 0) is 37.6 Å². The topological polar surface area (TPSA) is 34.9 Å². The molecule has 0 saturated heterocycles. The summed E-state index contributed by atoms with van der Waals surface area (Å²) in [6, 6.07) is 7.74. The minimum absolute atomic E-state index is 0.310. The second-order valence-corrected chi connectivity index (χ2v) is 5.80. The standard InChI is InChI=1S/C16H11Cl2FN2O/c1-8-6-10-14(7-13(8)19)20-9(2)21(16(10)22)15-11(17)4-3-5-12(15)18/h3-7H,1-2H3. The van der Waals surface area contributed by atoms with Gasteiger partial charge in [-0.3, -0.25) is 9.36 Å². The van der Waals surface area contributed by atoms with Gasteiger partial charge in [-0.25, -0.2) is 9.37 Å². The molecule has 6 heteroatoms. The number of nitrogens with zero attached hydrogens (tertiary/aromatic N) is 2. The highest BCUT2D eigenvalue weighted by molar-refractivity contribution is 6.37. The molecule has 3 rings (SSSR count). The molecule has 0 amide bonds. The van der Waals surface area contributed by atoms with E-state index in [0.717, 1.165) is 0 Å². The summed E-state index contributed by atoms with van der Waals surface area (Å²) < 4.78 is 15.0. The maximum Gasteiger partial charge on any atom is 0.266 e. The highest BCUT2D eigenvalue weighted by Crippen LogP contribution is 2.28. The van der Waals surface area contributed by atoms with Gasteiger partial charge in [-0.15, -0.1) is 0 Å². The number of benzene rings is 2. The lowest BCUT2D eigenvalue weighted by Gasteiger charge is -2.14.